The number of nitrogens with one attached hydrogen (secondary N) is 3. The van der Waals surface area contributed by atoms with Crippen molar-refractivity contribution in [2.45, 2.75) is 0 Å². The third-order valence-electron chi connectivity index (χ3n) is 3.70. The van der Waals surface area contributed by atoms with Gasteiger partial charge < -0.3 is 16.4 Å². The van der Waals surface area contributed by atoms with E-state index in [4.69, 9.17) is 5.73 Å². The molecule has 0 fully saturated rings. The van der Waals surface area contributed by atoms with Crippen molar-refractivity contribution in [3.05, 3.63) is 53.1 Å². The first-order valence-corrected chi connectivity index (χ1v) is 9.72. The average Bonchev–Trinajstić information content (AvgIpc) is 3.33. The summed E-state index contributed by atoms with van der Waals surface area (Å²) in [5.74, 6) is -0.0443. The molecule has 0 aliphatic heterocycles. The Bertz CT molecular complexity index is 1140. The Morgan fingerprint density at radius 3 is 2.39 bits per heavy atom. The van der Waals surface area contributed by atoms with Gasteiger partial charge in [-0.15, -0.1) is 22.7 Å². The number of amides is 3. The van der Waals surface area contributed by atoms with Crippen molar-refractivity contribution in [2.75, 3.05) is 21.7 Å². The van der Waals surface area contributed by atoms with E-state index in [1.165, 1.54) is 29.0 Å². The number of thiophene rings is 1. The topological polar surface area (TPSA) is 135 Å². The summed E-state index contributed by atoms with van der Waals surface area (Å²) in [6.45, 7) is 0. The number of carbonyl (C=O) groups is 2. The second-order valence-electron chi connectivity index (χ2n) is 5.54. The van der Waals surface area contributed by atoms with E-state index < -0.39 is 6.03 Å². The quantitative estimate of drug-likeness (QED) is 0.405. The minimum Gasteiger partial charge on any atom is -0.383 e. The fraction of sp³-hybridized carbons (Fsp3) is 0. The molecule has 3 heterocycles. The van der Waals surface area contributed by atoms with Gasteiger partial charge in [0.05, 0.1) is 10.9 Å². The second-order valence-corrected chi connectivity index (χ2v) is 7.29. The van der Waals surface area contributed by atoms with Crippen molar-refractivity contribution in [1.82, 2.24) is 15.0 Å². The van der Waals surface area contributed by atoms with Gasteiger partial charge in [0.2, 0.25) is 0 Å². The molecule has 0 radical (unpaired) electrons. The lowest BCUT2D eigenvalue weighted by Gasteiger charge is -2.08. The summed E-state index contributed by atoms with van der Waals surface area (Å²) in [5.41, 5.74) is 7.44. The molecule has 0 aliphatic carbocycles. The lowest BCUT2D eigenvalue weighted by atomic mass is 10.2. The van der Waals surface area contributed by atoms with Crippen LogP contribution in [0.4, 0.5) is 27.1 Å². The average molecular weight is 411 g/mol. The molecule has 9 nitrogen and oxygen atoms in total. The van der Waals surface area contributed by atoms with Crippen LogP contribution in [0, 0.1) is 0 Å². The summed E-state index contributed by atoms with van der Waals surface area (Å²) in [5, 5.41) is 12.6. The summed E-state index contributed by atoms with van der Waals surface area (Å²) >= 11 is 2.65. The molecule has 0 unspecified atom stereocenters. The third-order valence-corrected chi connectivity index (χ3v) is 5.27. The number of fused-ring (bicyclic) bond motifs is 1. The number of nitrogen functional groups attached to an aromatic ring is 1. The fourth-order valence-electron chi connectivity index (χ4n) is 2.45. The second kappa shape index (κ2) is 7.58. The third kappa shape index (κ3) is 3.75. The lowest BCUT2D eigenvalue weighted by Crippen LogP contribution is -2.19. The predicted molar refractivity (Wildman–Crippen MR) is 111 cm³/mol. The lowest BCUT2D eigenvalue weighted by molar-refractivity contribution is 0.102. The van der Waals surface area contributed by atoms with E-state index >= 15 is 0 Å². The first-order valence-electron chi connectivity index (χ1n) is 7.97. The maximum absolute atomic E-state index is 12.6. The minimum absolute atomic E-state index is 0.266. The zero-order chi connectivity index (χ0) is 19.5. The van der Waals surface area contributed by atoms with Gasteiger partial charge >= 0.3 is 6.03 Å². The summed E-state index contributed by atoms with van der Waals surface area (Å²) in [6, 6.07) is 6.34. The van der Waals surface area contributed by atoms with Crippen LogP contribution in [0.5, 0.6) is 0 Å². The molecule has 3 aromatic heterocycles. The molecule has 4 rings (SSSR count). The molecule has 4 aromatic rings. The number of anilines is 4. The molecule has 140 valence electrons. The smallest absolute Gasteiger partial charge is 0.325 e. The minimum atomic E-state index is -0.396. The van der Waals surface area contributed by atoms with E-state index in [2.05, 4.69) is 30.9 Å². The Labute approximate surface area is 166 Å². The normalized spacial score (nSPS) is 10.6. The summed E-state index contributed by atoms with van der Waals surface area (Å²) < 4.78 is 0. The Morgan fingerprint density at radius 1 is 0.929 bits per heavy atom. The molecule has 28 heavy (non-hydrogen) atoms. The Balaban J connectivity index is 1.42. The standard InChI is InChI=1S/C17H13N7O2S2/c18-13-12-11(7-28-15(12)21-8-20-13)14(25)22-9-1-3-10(4-2-9)23-16(26)24-17-19-5-6-27-17/h1-8H,(H,22,25)(H2,18,20,21)(H2,19,23,24,26). The first kappa shape index (κ1) is 17.8. The number of aromatic nitrogens is 3. The SMILES string of the molecule is Nc1ncnc2scc(C(=O)Nc3ccc(NC(=O)Nc4nccs4)cc3)c12. The van der Waals surface area contributed by atoms with Gasteiger partial charge in [-0.1, -0.05) is 0 Å². The van der Waals surface area contributed by atoms with Crippen molar-refractivity contribution < 1.29 is 9.59 Å². The van der Waals surface area contributed by atoms with Gasteiger partial charge in [0, 0.05) is 28.3 Å². The van der Waals surface area contributed by atoms with Gasteiger partial charge in [-0.25, -0.2) is 19.7 Å². The predicted octanol–water partition coefficient (Wildman–Crippen LogP) is 3.63. The van der Waals surface area contributed by atoms with Crippen LogP contribution in [0.15, 0.2) is 47.5 Å². The molecular formula is C17H13N7O2S2. The number of thiazole rings is 1. The highest BCUT2D eigenvalue weighted by atomic mass is 32.1. The van der Waals surface area contributed by atoms with Gasteiger partial charge in [0.25, 0.3) is 5.91 Å². The fourth-order valence-corrected chi connectivity index (χ4v) is 3.86. The van der Waals surface area contributed by atoms with Crippen LogP contribution in [0.3, 0.4) is 0 Å². The van der Waals surface area contributed by atoms with E-state index in [9.17, 15) is 9.59 Å². The highest BCUT2D eigenvalue weighted by molar-refractivity contribution is 7.17. The number of carbonyl (C=O) groups excluding carboxylic acids is 2. The van der Waals surface area contributed by atoms with Crippen LogP contribution in [0.2, 0.25) is 0 Å². The molecule has 5 N–H and O–H groups in total. The molecule has 0 saturated carbocycles. The highest BCUT2D eigenvalue weighted by Crippen LogP contribution is 2.28. The summed E-state index contributed by atoms with van der Waals surface area (Å²) in [4.78, 5) is 37.2. The van der Waals surface area contributed by atoms with Crippen molar-refractivity contribution in [3.63, 3.8) is 0 Å². The molecule has 0 spiro atoms. The van der Waals surface area contributed by atoms with Gasteiger partial charge in [0.1, 0.15) is 17.0 Å². The summed E-state index contributed by atoms with van der Waals surface area (Å²) in [7, 11) is 0. The van der Waals surface area contributed by atoms with Crippen LogP contribution < -0.4 is 21.7 Å². The Hall–Kier alpha value is -3.57. The molecule has 0 bridgehead atoms. The van der Waals surface area contributed by atoms with E-state index in [0.29, 0.717) is 32.3 Å². The van der Waals surface area contributed by atoms with Crippen molar-refractivity contribution in [2.24, 2.45) is 0 Å². The van der Waals surface area contributed by atoms with Gasteiger partial charge in [0.15, 0.2) is 5.13 Å². The highest BCUT2D eigenvalue weighted by Gasteiger charge is 2.16. The molecule has 0 aliphatic rings. The molecule has 3 amide bonds. The molecular weight excluding hydrogens is 398 g/mol. The maximum atomic E-state index is 12.6. The number of benzene rings is 1. The van der Waals surface area contributed by atoms with E-state index in [1.54, 1.807) is 41.2 Å². The van der Waals surface area contributed by atoms with Crippen molar-refractivity contribution in [1.29, 1.82) is 0 Å². The number of nitrogens with two attached hydrogens (primary N) is 1. The van der Waals surface area contributed by atoms with Crippen LogP contribution in [-0.4, -0.2) is 26.9 Å². The van der Waals surface area contributed by atoms with Crippen molar-refractivity contribution in [3.8, 4) is 0 Å². The van der Waals surface area contributed by atoms with E-state index in [-0.39, 0.29) is 11.7 Å². The number of rotatable bonds is 4. The van der Waals surface area contributed by atoms with Gasteiger partial charge in [-0.3, -0.25) is 10.1 Å². The van der Waals surface area contributed by atoms with Crippen LogP contribution in [0.25, 0.3) is 10.2 Å². The van der Waals surface area contributed by atoms with Crippen LogP contribution in [0.1, 0.15) is 10.4 Å². The van der Waals surface area contributed by atoms with Crippen molar-refractivity contribution >= 4 is 67.2 Å². The zero-order valence-corrected chi connectivity index (χ0v) is 15.8. The number of urea groups is 1. The molecule has 0 atom stereocenters. The Kier molecular flexibility index (Phi) is 4.83. The van der Waals surface area contributed by atoms with Gasteiger partial charge in [-0.2, -0.15) is 0 Å². The number of nitrogens with zero attached hydrogens (tertiary/aromatic N) is 3. The number of hydrogen-bond donors (Lipinski definition) is 4. The Morgan fingerprint density at radius 2 is 1.68 bits per heavy atom. The van der Waals surface area contributed by atoms with Gasteiger partial charge in [-0.05, 0) is 24.3 Å². The number of hydrogen-bond acceptors (Lipinski definition) is 8. The molecule has 11 heteroatoms. The largest absolute Gasteiger partial charge is 0.383 e. The van der Waals surface area contributed by atoms with Crippen LogP contribution in [-0.2, 0) is 0 Å². The first-order chi connectivity index (χ1) is 13.6. The van der Waals surface area contributed by atoms with Crippen LogP contribution >= 0.6 is 22.7 Å². The van der Waals surface area contributed by atoms with E-state index in [1.807, 2.05) is 0 Å². The zero-order valence-electron chi connectivity index (χ0n) is 14.2. The monoisotopic (exact) mass is 411 g/mol. The summed E-state index contributed by atoms with van der Waals surface area (Å²) in [6.07, 6.45) is 2.97. The molecule has 1 aromatic carbocycles. The molecule has 0 saturated heterocycles. The maximum Gasteiger partial charge on any atom is 0.325 e. The van der Waals surface area contributed by atoms with E-state index in [0.717, 1.165) is 0 Å².